The minimum Gasteiger partial charge on any atom is -0.455 e. The van der Waals surface area contributed by atoms with Crippen LogP contribution in [-0.2, 0) is 0 Å². The fourth-order valence-electron chi connectivity index (χ4n) is 3.19. The highest BCUT2D eigenvalue weighted by Crippen LogP contribution is 2.31. The summed E-state index contributed by atoms with van der Waals surface area (Å²) in [5.41, 5.74) is 10.3. The molecule has 1 aliphatic heterocycles. The van der Waals surface area contributed by atoms with Gasteiger partial charge in [0.2, 0.25) is 0 Å². The average molecular weight is 313 g/mol. The first kappa shape index (κ1) is 13.3. The largest absolute Gasteiger partial charge is 0.455 e. The van der Waals surface area contributed by atoms with Crippen molar-refractivity contribution in [3.05, 3.63) is 83.9 Å². The lowest BCUT2D eigenvalue weighted by atomic mass is 10.1. The number of hydrogen-bond acceptors (Lipinski definition) is 4. The number of hydrazine groups is 1. The Hall–Kier alpha value is -3.11. The number of benzene rings is 3. The van der Waals surface area contributed by atoms with E-state index in [4.69, 9.17) is 9.41 Å². The molecule has 2 N–H and O–H groups in total. The van der Waals surface area contributed by atoms with Crippen molar-refractivity contribution in [1.82, 2.24) is 10.9 Å². The predicted molar refractivity (Wildman–Crippen MR) is 95.7 cm³/mol. The summed E-state index contributed by atoms with van der Waals surface area (Å²) in [6.45, 7) is 0. The first-order valence-electron chi connectivity index (χ1n) is 7.95. The third-order valence-corrected chi connectivity index (χ3v) is 4.36. The second-order valence-electron chi connectivity index (χ2n) is 5.84. The van der Waals surface area contributed by atoms with Crippen LogP contribution in [0.1, 0.15) is 17.3 Å². The van der Waals surface area contributed by atoms with Crippen molar-refractivity contribution in [2.45, 2.75) is 6.17 Å². The van der Waals surface area contributed by atoms with E-state index in [9.17, 15) is 0 Å². The first-order valence-corrected chi connectivity index (χ1v) is 7.95. The molecule has 0 amide bonds. The van der Waals surface area contributed by atoms with Crippen molar-refractivity contribution < 1.29 is 4.42 Å². The van der Waals surface area contributed by atoms with Gasteiger partial charge >= 0.3 is 0 Å². The number of nitrogens with zero attached hydrogens (tertiary/aromatic N) is 1. The molecule has 1 unspecified atom stereocenters. The lowest BCUT2D eigenvalue weighted by molar-refractivity contribution is 0.575. The summed E-state index contributed by atoms with van der Waals surface area (Å²) in [5, 5.41) is 2.23. The molecule has 0 saturated heterocycles. The summed E-state index contributed by atoms with van der Waals surface area (Å²) >= 11 is 0. The van der Waals surface area contributed by atoms with E-state index in [1.165, 1.54) is 0 Å². The maximum Gasteiger partial charge on any atom is 0.148 e. The van der Waals surface area contributed by atoms with Gasteiger partial charge in [0.1, 0.15) is 23.2 Å². The van der Waals surface area contributed by atoms with Crippen LogP contribution < -0.4 is 10.9 Å². The fraction of sp³-hybridized carbons (Fsp3) is 0.0500. The Morgan fingerprint density at radius 3 is 2.50 bits per heavy atom. The van der Waals surface area contributed by atoms with Gasteiger partial charge in [-0.25, -0.2) is 10.4 Å². The summed E-state index contributed by atoms with van der Waals surface area (Å²) in [6, 6.07) is 24.4. The Balaban J connectivity index is 1.65. The minimum absolute atomic E-state index is 0.0964. The van der Waals surface area contributed by atoms with Crippen LogP contribution in [0.5, 0.6) is 0 Å². The minimum atomic E-state index is -0.0964. The molecule has 1 aromatic heterocycles. The highest BCUT2D eigenvalue weighted by Gasteiger charge is 2.21. The third-order valence-electron chi connectivity index (χ3n) is 4.36. The number of rotatable bonds is 2. The lowest BCUT2D eigenvalue weighted by Gasteiger charge is -2.06. The van der Waals surface area contributed by atoms with Crippen LogP contribution in [0.2, 0.25) is 0 Å². The predicted octanol–water partition coefficient (Wildman–Crippen LogP) is 4.14. The van der Waals surface area contributed by atoms with Gasteiger partial charge in [0.15, 0.2) is 0 Å². The van der Waals surface area contributed by atoms with Gasteiger partial charge in [-0.15, -0.1) is 0 Å². The number of para-hydroxylation sites is 2. The van der Waals surface area contributed by atoms with E-state index in [0.29, 0.717) is 0 Å². The van der Waals surface area contributed by atoms with Crippen molar-refractivity contribution in [3.8, 4) is 0 Å². The fourth-order valence-corrected chi connectivity index (χ4v) is 3.19. The van der Waals surface area contributed by atoms with Crippen molar-refractivity contribution in [1.29, 1.82) is 0 Å². The van der Waals surface area contributed by atoms with E-state index >= 15 is 0 Å². The van der Waals surface area contributed by atoms with Crippen LogP contribution in [0, 0.1) is 0 Å². The van der Waals surface area contributed by atoms with Crippen LogP contribution in [0.4, 0.5) is 0 Å². The molecule has 0 bridgehead atoms. The van der Waals surface area contributed by atoms with E-state index in [-0.39, 0.29) is 6.17 Å². The van der Waals surface area contributed by atoms with Gasteiger partial charge in [-0.05, 0) is 17.7 Å². The summed E-state index contributed by atoms with van der Waals surface area (Å²) in [6.07, 6.45) is -0.0964. The monoisotopic (exact) mass is 313 g/mol. The highest BCUT2D eigenvalue weighted by atomic mass is 16.3. The molecule has 0 saturated carbocycles. The molecule has 0 aliphatic carbocycles. The summed E-state index contributed by atoms with van der Waals surface area (Å²) in [7, 11) is 0. The van der Waals surface area contributed by atoms with Gasteiger partial charge in [0.25, 0.3) is 0 Å². The zero-order valence-electron chi connectivity index (χ0n) is 12.9. The molecule has 1 atom stereocenters. The molecular weight excluding hydrogens is 298 g/mol. The quantitative estimate of drug-likeness (QED) is 0.585. The van der Waals surface area contributed by atoms with Gasteiger partial charge in [-0.1, -0.05) is 60.7 Å². The van der Waals surface area contributed by atoms with Gasteiger partial charge < -0.3 is 9.84 Å². The van der Waals surface area contributed by atoms with Crippen LogP contribution >= 0.6 is 0 Å². The molecule has 4 heteroatoms. The maximum absolute atomic E-state index is 6.09. The van der Waals surface area contributed by atoms with E-state index in [1.54, 1.807) is 0 Å². The van der Waals surface area contributed by atoms with Crippen molar-refractivity contribution >= 4 is 27.8 Å². The van der Waals surface area contributed by atoms with Crippen molar-refractivity contribution in [2.75, 3.05) is 0 Å². The molecule has 0 spiro atoms. The Labute approximate surface area is 138 Å². The zero-order chi connectivity index (χ0) is 15.9. The Morgan fingerprint density at radius 2 is 1.58 bits per heavy atom. The molecule has 1 aliphatic rings. The Kier molecular flexibility index (Phi) is 2.90. The standard InChI is InChI=1S/C20H15N3O/c1-2-7-13(8-3-1)19-21-20(23-22-19)16-11-6-10-15-14-9-4-5-12-17(14)24-18(15)16/h1-12,19,22H,(H,21,23). The van der Waals surface area contributed by atoms with Crippen LogP contribution in [0.15, 0.2) is 82.2 Å². The Morgan fingerprint density at radius 1 is 0.792 bits per heavy atom. The smallest absolute Gasteiger partial charge is 0.148 e. The number of nitrogens with one attached hydrogen (secondary N) is 2. The topological polar surface area (TPSA) is 49.6 Å². The van der Waals surface area contributed by atoms with Crippen molar-refractivity contribution in [2.24, 2.45) is 4.99 Å². The molecule has 5 rings (SSSR count). The molecule has 4 aromatic rings. The van der Waals surface area contributed by atoms with Gasteiger partial charge in [0, 0.05) is 10.8 Å². The summed E-state index contributed by atoms with van der Waals surface area (Å²) in [5.74, 6) is 0.800. The van der Waals surface area contributed by atoms with Crippen LogP contribution in [0.3, 0.4) is 0 Å². The van der Waals surface area contributed by atoms with Crippen LogP contribution in [0.25, 0.3) is 21.9 Å². The van der Waals surface area contributed by atoms with E-state index in [2.05, 4.69) is 35.1 Å². The molecule has 2 heterocycles. The normalized spacial score (nSPS) is 17.2. The van der Waals surface area contributed by atoms with Gasteiger partial charge in [-0.3, -0.25) is 0 Å². The van der Waals surface area contributed by atoms with Crippen molar-refractivity contribution in [3.63, 3.8) is 0 Å². The van der Waals surface area contributed by atoms with E-state index < -0.39 is 0 Å². The molecule has 0 radical (unpaired) electrons. The number of aliphatic imine (C=N–C) groups is 1. The second-order valence-corrected chi connectivity index (χ2v) is 5.84. The molecule has 24 heavy (non-hydrogen) atoms. The van der Waals surface area contributed by atoms with Gasteiger partial charge in [-0.2, -0.15) is 0 Å². The summed E-state index contributed by atoms with van der Waals surface area (Å²) < 4.78 is 6.09. The number of furan rings is 1. The lowest BCUT2D eigenvalue weighted by Crippen LogP contribution is -2.31. The maximum atomic E-state index is 6.09. The molecular formula is C20H15N3O. The number of hydrogen-bond donors (Lipinski definition) is 2. The first-order chi connectivity index (χ1) is 11.9. The molecule has 0 fully saturated rings. The molecule has 116 valence electrons. The number of amidine groups is 1. The number of fused-ring (bicyclic) bond motifs is 3. The van der Waals surface area contributed by atoms with E-state index in [1.807, 2.05) is 48.5 Å². The molecule has 3 aromatic carbocycles. The highest BCUT2D eigenvalue weighted by molar-refractivity contribution is 6.14. The Bertz CT molecular complexity index is 1070. The third kappa shape index (κ3) is 2.01. The van der Waals surface area contributed by atoms with Gasteiger partial charge in [0.05, 0.1) is 5.56 Å². The SMILES string of the molecule is c1ccc(C2N=C(c3cccc4c3oc3ccccc34)NN2)cc1. The zero-order valence-corrected chi connectivity index (χ0v) is 12.9. The molecule has 4 nitrogen and oxygen atoms in total. The summed E-state index contributed by atoms with van der Waals surface area (Å²) in [4.78, 5) is 4.78. The second kappa shape index (κ2) is 5.22. The van der Waals surface area contributed by atoms with Crippen LogP contribution in [-0.4, -0.2) is 5.84 Å². The average Bonchev–Trinajstić information content (AvgIpc) is 3.27. The van der Waals surface area contributed by atoms with E-state index in [0.717, 1.165) is 38.9 Å².